The average Bonchev–Trinajstić information content (AvgIpc) is 2.41. The van der Waals surface area contributed by atoms with E-state index in [9.17, 15) is 4.79 Å². The second-order valence-corrected chi connectivity index (χ2v) is 6.68. The van der Waals surface area contributed by atoms with Crippen LogP contribution < -0.4 is 5.32 Å². The van der Waals surface area contributed by atoms with Gasteiger partial charge >= 0.3 is 5.97 Å². The van der Waals surface area contributed by atoms with E-state index >= 15 is 0 Å². The molecule has 0 aliphatic rings. The zero-order chi connectivity index (χ0) is 16.5. The van der Waals surface area contributed by atoms with Crippen LogP contribution in [-0.2, 0) is 9.53 Å². The van der Waals surface area contributed by atoms with Gasteiger partial charge in [0.15, 0.2) is 0 Å². The lowest BCUT2D eigenvalue weighted by atomic mass is 10.0. The van der Waals surface area contributed by atoms with Crippen LogP contribution in [0.4, 0.5) is 0 Å². The molecule has 0 rings (SSSR count). The third kappa shape index (κ3) is 8.39. The van der Waals surface area contributed by atoms with Gasteiger partial charge in [0.25, 0.3) is 0 Å². The number of hydrogen-bond donors (Lipinski definition) is 1. The summed E-state index contributed by atoms with van der Waals surface area (Å²) in [6, 6.07) is 0. The molecule has 1 unspecified atom stereocenters. The Bertz CT molecular complexity index is 295. The molecule has 0 aliphatic heterocycles. The van der Waals surface area contributed by atoms with E-state index in [1.807, 2.05) is 6.92 Å². The number of nitrogens with zero attached hydrogens (tertiary/aromatic N) is 2. The molecule has 1 atom stereocenters. The first-order valence-electron chi connectivity index (χ1n) is 7.95. The molecule has 0 radical (unpaired) electrons. The zero-order valence-electron chi connectivity index (χ0n) is 15.0. The van der Waals surface area contributed by atoms with Crippen LogP contribution in [-0.4, -0.2) is 75.2 Å². The third-order valence-electron chi connectivity index (χ3n) is 3.43. The summed E-state index contributed by atoms with van der Waals surface area (Å²) >= 11 is 0. The average molecular weight is 301 g/mol. The molecule has 0 amide bonds. The van der Waals surface area contributed by atoms with Crippen molar-refractivity contribution < 1.29 is 9.53 Å². The number of nitrogens with one attached hydrogen (secondary N) is 1. The first kappa shape index (κ1) is 20.3. The molecule has 0 saturated carbocycles. The highest BCUT2D eigenvalue weighted by atomic mass is 16.5. The van der Waals surface area contributed by atoms with Gasteiger partial charge in [0.05, 0.1) is 7.11 Å². The predicted molar refractivity (Wildman–Crippen MR) is 88.5 cm³/mol. The van der Waals surface area contributed by atoms with E-state index < -0.39 is 5.54 Å². The Morgan fingerprint density at radius 3 is 2.33 bits per heavy atom. The summed E-state index contributed by atoms with van der Waals surface area (Å²) < 4.78 is 5.01. The van der Waals surface area contributed by atoms with Crippen molar-refractivity contribution >= 4 is 5.97 Å². The van der Waals surface area contributed by atoms with E-state index in [-0.39, 0.29) is 5.97 Å². The number of hydrogen-bond acceptors (Lipinski definition) is 5. The van der Waals surface area contributed by atoms with Gasteiger partial charge in [0, 0.05) is 26.2 Å². The van der Waals surface area contributed by atoms with Gasteiger partial charge < -0.3 is 15.0 Å². The van der Waals surface area contributed by atoms with Crippen molar-refractivity contribution in [3.63, 3.8) is 0 Å². The normalized spacial score (nSPS) is 14.8. The van der Waals surface area contributed by atoms with Crippen LogP contribution in [0.2, 0.25) is 0 Å². The zero-order valence-corrected chi connectivity index (χ0v) is 15.0. The van der Waals surface area contributed by atoms with Crippen molar-refractivity contribution in [1.82, 2.24) is 15.1 Å². The second kappa shape index (κ2) is 10.1. The van der Waals surface area contributed by atoms with Gasteiger partial charge in [0.2, 0.25) is 0 Å². The highest BCUT2D eigenvalue weighted by Crippen LogP contribution is 2.11. The van der Waals surface area contributed by atoms with Crippen molar-refractivity contribution in [3.8, 4) is 0 Å². The van der Waals surface area contributed by atoms with Crippen molar-refractivity contribution in [2.24, 2.45) is 5.92 Å². The van der Waals surface area contributed by atoms with Gasteiger partial charge in [-0.1, -0.05) is 20.8 Å². The standard InChI is InChI=1S/C16H35N3O2/c1-8-9-17-16(4,15(20)21-7)13-19(12-14(2)3)11-10-18(5)6/h14,17H,8-13H2,1-7H3. The second-order valence-electron chi connectivity index (χ2n) is 6.68. The minimum absolute atomic E-state index is 0.186. The molecule has 5 heteroatoms. The Balaban J connectivity index is 4.87. The highest BCUT2D eigenvalue weighted by molar-refractivity contribution is 5.80. The van der Waals surface area contributed by atoms with E-state index in [4.69, 9.17) is 4.74 Å². The van der Waals surface area contributed by atoms with Gasteiger partial charge in [-0.3, -0.25) is 9.69 Å². The van der Waals surface area contributed by atoms with Crippen LogP contribution >= 0.6 is 0 Å². The molecule has 0 aromatic heterocycles. The monoisotopic (exact) mass is 301 g/mol. The molecule has 0 aromatic rings. The molecule has 0 saturated heterocycles. The Morgan fingerprint density at radius 1 is 1.29 bits per heavy atom. The summed E-state index contributed by atoms with van der Waals surface area (Å²) in [4.78, 5) is 16.7. The van der Waals surface area contributed by atoms with Crippen LogP contribution in [0, 0.1) is 5.92 Å². The summed E-state index contributed by atoms with van der Waals surface area (Å²) in [5, 5.41) is 3.36. The highest BCUT2D eigenvalue weighted by Gasteiger charge is 2.35. The Labute approximate surface area is 131 Å². The first-order valence-corrected chi connectivity index (χ1v) is 7.95. The fraction of sp³-hybridized carbons (Fsp3) is 0.938. The molecule has 21 heavy (non-hydrogen) atoms. The molecule has 0 heterocycles. The molecular formula is C16H35N3O2. The summed E-state index contributed by atoms with van der Waals surface area (Å²) in [5.41, 5.74) is -0.647. The molecule has 126 valence electrons. The SMILES string of the molecule is CCCNC(C)(CN(CCN(C)C)CC(C)C)C(=O)OC. The molecule has 5 nitrogen and oxygen atoms in total. The smallest absolute Gasteiger partial charge is 0.327 e. The maximum Gasteiger partial charge on any atom is 0.327 e. The van der Waals surface area contributed by atoms with Crippen LogP contribution in [0.5, 0.6) is 0 Å². The van der Waals surface area contributed by atoms with E-state index in [0.29, 0.717) is 12.5 Å². The van der Waals surface area contributed by atoms with Crippen molar-refractivity contribution in [2.45, 2.75) is 39.7 Å². The maximum atomic E-state index is 12.2. The fourth-order valence-corrected chi connectivity index (χ4v) is 2.36. The number of esters is 1. The lowest BCUT2D eigenvalue weighted by Crippen LogP contribution is -2.58. The minimum Gasteiger partial charge on any atom is -0.468 e. The van der Waals surface area contributed by atoms with Crippen molar-refractivity contribution in [3.05, 3.63) is 0 Å². The van der Waals surface area contributed by atoms with Gasteiger partial charge in [-0.05, 0) is 39.9 Å². The number of carbonyl (C=O) groups is 1. The van der Waals surface area contributed by atoms with E-state index in [0.717, 1.165) is 32.6 Å². The quantitative estimate of drug-likeness (QED) is 0.585. The molecule has 0 bridgehead atoms. The Morgan fingerprint density at radius 2 is 1.90 bits per heavy atom. The molecule has 0 fully saturated rings. The van der Waals surface area contributed by atoms with E-state index in [1.165, 1.54) is 7.11 Å². The van der Waals surface area contributed by atoms with Crippen LogP contribution in [0.3, 0.4) is 0 Å². The van der Waals surface area contributed by atoms with Gasteiger partial charge in [-0.15, -0.1) is 0 Å². The summed E-state index contributed by atoms with van der Waals surface area (Å²) in [6.07, 6.45) is 0.995. The van der Waals surface area contributed by atoms with Crippen LogP contribution in [0.15, 0.2) is 0 Å². The molecule has 1 N–H and O–H groups in total. The topological polar surface area (TPSA) is 44.8 Å². The molecule has 0 aromatic carbocycles. The van der Waals surface area contributed by atoms with Gasteiger partial charge in [-0.25, -0.2) is 0 Å². The van der Waals surface area contributed by atoms with E-state index in [1.54, 1.807) is 0 Å². The third-order valence-corrected chi connectivity index (χ3v) is 3.43. The van der Waals surface area contributed by atoms with Gasteiger partial charge in [0.1, 0.15) is 5.54 Å². The molecular weight excluding hydrogens is 266 g/mol. The fourth-order valence-electron chi connectivity index (χ4n) is 2.36. The van der Waals surface area contributed by atoms with Crippen LogP contribution in [0.25, 0.3) is 0 Å². The summed E-state index contributed by atoms with van der Waals surface area (Å²) in [6.45, 7) is 12.9. The lowest BCUT2D eigenvalue weighted by molar-refractivity contribution is -0.148. The summed E-state index contributed by atoms with van der Waals surface area (Å²) in [7, 11) is 5.60. The molecule has 0 spiro atoms. The number of methoxy groups -OCH3 is 1. The number of ether oxygens (including phenoxy) is 1. The Kier molecular flexibility index (Phi) is 9.83. The number of rotatable bonds is 11. The van der Waals surface area contributed by atoms with Crippen LogP contribution in [0.1, 0.15) is 34.1 Å². The van der Waals surface area contributed by atoms with Crippen molar-refractivity contribution in [1.29, 1.82) is 0 Å². The summed E-state index contributed by atoms with van der Waals surface area (Å²) in [5.74, 6) is 0.384. The Hall–Kier alpha value is -0.650. The molecule has 0 aliphatic carbocycles. The van der Waals surface area contributed by atoms with Crippen molar-refractivity contribution in [2.75, 3.05) is 53.9 Å². The number of likely N-dealkylation sites (N-methyl/N-ethyl adjacent to an activating group) is 1. The predicted octanol–water partition coefficient (Wildman–Crippen LogP) is 1.44. The largest absolute Gasteiger partial charge is 0.468 e. The first-order chi connectivity index (χ1) is 9.75. The minimum atomic E-state index is -0.647. The van der Waals surface area contributed by atoms with E-state index in [2.05, 4.69) is 50.0 Å². The van der Waals surface area contributed by atoms with Gasteiger partial charge in [-0.2, -0.15) is 0 Å². The lowest BCUT2D eigenvalue weighted by Gasteiger charge is -2.35. The maximum absolute atomic E-state index is 12.2. The number of carbonyl (C=O) groups excluding carboxylic acids is 1.